The lowest BCUT2D eigenvalue weighted by Gasteiger charge is -2.10. The molecule has 2 aromatic rings. The van der Waals surface area contributed by atoms with E-state index in [9.17, 15) is 4.79 Å². The number of nitrogens with zero attached hydrogens (tertiary/aromatic N) is 1. The molecule has 0 unspecified atom stereocenters. The topological polar surface area (TPSA) is 72.5 Å². The minimum absolute atomic E-state index is 0.127. The van der Waals surface area contributed by atoms with Gasteiger partial charge in [-0.15, -0.1) is 0 Å². The first-order valence-corrected chi connectivity index (χ1v) is 8.87. The molecule has 140 valence electrons. The monoisotopic (exact) mass is 357 g/mol. The van der Waals surface area contributed by atoms with Gasteiger partial charge >= 0.3 is 0 Å². The van der Waals surface area contributed by atoms with Crippen molar-refractivity contribution in [3.63, 3.8) is 0 Å². The van der Waals surface area contributed by atoms with Gasteiger partial charge in [-0.2, -0.15) is 0 Å². The van der Waals surface area contributed by atoms with E-state index in [4.69, 9.17) is 9.47 Å². The van der Waals surface area contributed by atoms with E-state index < -0.39 is 0 Å². The highest BCUT2D eigenvalue weighted by Gasteiger charge is 2.07. The van der Waals surface area contributed by atoms with Crippen molar-refractivity contribution in [3.8, 4) is 11.5 Å². The Morgan fingerprint density at radius 1 is 1.08 bits per heavy atom. The van der Waals surface area contributed by atoms with Crippen molar-refractivity contribution in [2.45, 2.75) is 26.2 Å². The van der Waals surface area contributed by atoms with E-state index in [2.05, 4.69) is 22.5 Å². The molecular formula is C20H27N3O3. The molecule has 1 aromatic carbocycles. The van der Waals surface area contributed by atoms with Crippen LogP contribution < -0.4 is 20.1 Å². The van der Waals surface area contributed by atoms with E-state index in [0.29, 0.717) is 30.0 Å². The van der Waals surface area contributed by atoms with Crippen molar-refractivity contribution >= 4 is 11.7 Å². The van der Waals surface area contributed by atoms with Crippen molar-refractivity contribution in [1.29, 1.82) is 0 Å². The number of amides is 1. The van der Waals surface area contributed by atoms with Crippen LogP contribution in [0.1, 0.15) is 35.7 Å². The molecule has 0 saturated heterocycles. The molecule has 6 nitrogen and oxygen atoms in total. The van der Waals surface area contributed by atoms with Crippen LogP contribution >= 0.6 is 0 Å². The van der Waals surface area contributed by atoms with Crippen molar-refractivity contribution in [3.05, 3.63) is 47.7 Å². The number of carbonyl (C=O) groups excluding carboxylic acids is 1. The minimum Gasteiger partial charge on any atom is -0.493 e. The Hall–Kier alpha value is -2.76. The van der Waals surface area contributed by atoms with Crippen molar-refractivity contribution < 1.29 is 14.3 Å². The van der Waals surface area contributed by atoms with Crippen LogP contribution in [0.5, 0.6) is 11.5 Å². The second-order valence-corrected chi connectivity index (χ2v) is 5.91. The lowest BCUT2D eigenvalue weighted by atomic mass is 10.1. The Labute approximate surface area is 154 Å². The maximum atomic E-state index is 12.2. The standard InChI is InChI=1S/C20H27N3O3/c1-4-5-11-21-19-9-7-16(14-23-19)20(24)22-12-10-15-6-8-17(25-2)18(13-15)26-3/h6-9,13-14H,4-5,10-12H2,1-3H3,(H,21,23)(H,22,24). The van der Waals surface area contributed by atoms with Gasteiger partial charge < -0.3 is 20.1 Å². The quantitative estimate of drug-likeness (QED) is 0.639. The van der Waals surface area contributed by atoms with E-state index in [1.165, 1.54) is 0 Å². The first kappa shape index (κ1) is 19.6. The molecule has 1 amide bonds. The fraction of sp³-hybridized carbons (Fsp3) is 0.400. The summed E-state index contributed by atoms with van der Waals surface area (Å²) >= 11 is 0. The van der Waals surface area contributed by atoms with Gasteiger partial charge in [0.05, 0.1) is 19.8 Å². The van der Waals surface area contributed by atoms with Crippen LogP contribution in [0.2, 0.25) is 0 Å². The molecular weight excluding hydrogens is 330 g/mol. The van der Waals surface area contributed by atoms with Crippen LogP contribution in [0.15, 0.2) is 36.5 Å². The number of carbonyl (C=O) groups is 1. The zero-order chi connectivity index (χ0) is 18.8. The summed E-state index contributed by atoms with van der Waals surface area (Å²) in [6.45, 7) is 3.57. The number of aromatic nitrogens is 1. The Morgan fingerprint density at radius 3 is 2.54 bits per heavy atom. The average Bonchev–Trinajstić information content (AvgIpc) is 2.68. The molecule has 0 bridgehead atoms. The van der Waals surface area contributed by atoms with Crippen molar-refractivity contribution in [1.82, 2.24) is 10.3 Å². The van der Waals surface area contributed by atoms with Gasteiger partial charge in [-0.25, -0.2) is 4.98 Å². The van der Waals surface area contributed by atoms with Gasteiger partial charge in [0.25, 0.3) is 5.91 Å². The Balaban J connectivity index is 1.83. The number of hydrogen-bond acceptors (Lipinski definition) is 5. The molecule has 0 atom stereocenters. The first-order chi connectivity index (χ1) is 12.7. The maximum Gasteiger partial charge on any atom is 0.252 e. The van der Waals surface area contributed by atoms with Crippen LogP contribution in [-0.2, 0) is 6.42 Å². The zero-order valence-corrected chi connectivity index (χ0v) is 15.7. The molecule has 0 aliphatic heterocycles. The Bertz CT molecular complexity index is 702. The molecule has 6 heteroatoms. The summed E-state index contributed by atoms with van der Waals surface area (Å²) < 4.78 is 10.5. The van der Waals surface area contributed by atoms with Crippen LogP contribution in [0.3, 0.4) is 0 Å². The van der Waals surface area contributed by atoms with E-state index in [0.717, 1.165) is 30.8 Å². The fourth-order valence-corrected chi connectivity index (χ4v) is 2.48. The van der Waals surface area contributed by atoms with Gasteiger partial charge in [0, 0.05) is 19.3 Å². The Kier molecular flexibility index (Phi) is 7.74. The molecule has 1 heterocycles. The molecule has 0 aliphatic carbocycles. The average molecular weight is 357 g/mol. The number of methoxy groups -OCH3 is 2. The third kappa shape index (κ3) is 5.65. The highest BCUT2D eigenvalue weighted by atomic mass is 16.5. The predicted molar refractivity (Wildman–Crippen MR) is 103 cm³/mol. The number of rotatable bonds is 10. The molecule has 0 spiro atoms. The molecule has 0 fully saturated rings. The molecule has 0 saturated carbocycles. The summed E-state index contributed by atoms with van der Waals surface area (Å²) in [7, 11) is 3.22. The van der Waals surface area contributed by atoms with Crippen LogP contribution in [0, 0.1) is 0 Å². The number of benzene rings is 1. The van der Waals surface area contributed by atoms with E-state index in [-0.39, 0.29) is 5.91 Å². The SMILES string of the molecule is CCCCNc1ccc(C(=O)NCCc2ccc(OC)c(OC)c2)cn1. The summed E-state index contributed by atoms with van der Waals surface area (Å²) in [4.78, 5) is 16.5. The van der Waals surface area contributed by atoms with Crippen LogP contribution in [0.4, 0.5) is 5.82 Å². The number of hydrogen-bond donors (Lipinski definition) is 2. The fourth-order valence-electron chi connectivity index (χ4n) is 2.48. The smallest absolute Gasteiger partial charge is 0.252 e. The second-order valence-electron chi connectivity index (χ2n) is 5.91. The second kappa shape index (κ2) is 10.3. The Morgan fingerprint density at radius 2 is 1.88 bits per heavy atom. The molecule has 2 rings (SSSR count). The normalized spacial score (nSPS) is 10.3. The van der Waals surface area contributed by atoms with Gasteiger partial charge in [-0.3, -0.25) is 4.79 Å². The third-order valence-electron chi connectivity index (χ3n) is 4.01. The lowest BCUT2D eigenvalue weighted by molar-refractivity contribution is 0.0954. The summed E-state index contributed by atoms with van der Waals surface area (Å²) in [6.07, 6.45) is 4.53. The summed E-state index contributed by atoms with van der Waals surface area (Å²) in [5, 5.41) is 6.15. The molecule has 0 aliphatic rings. The van der Waals surface area contributed by atoms with E-state index in [1.807, 2.05) is 24.3 Å². The van der Waals surface area contributed by atoms with Crippen molar-refractivity contribution in [2.24, 2.45) is 0 Å². The van der Waals surface area contributed by atoms with Gasteiger partial charge in [0.15, 0.2) is 11.5 Å². The van der Waals surface area contributed by atoms with Crippen LogP contribution in [-0.4, -0.2) is 38.2 Å². The van der Waals surface area contributed by atoms with Gasteiger partial charge in [0.2, 0.25) is 0 Å². The zero-order valence-electron chi connectivity index (χ0n) is 15.7. The van der Waals surface area contributed by atoms with Crippen molar-refractivity contribution in [2.75, 3.05) is 32.6 Å². The molecule has 1 aromatic heterocycles. The maximum absolute atomic E-state index is 12.2. The van der Waals surface area contributed by atoms with E-state index >= 15 is 0 Å². The summed E-state index contributed by atoms with van der Waals surface area (Å²) in [5.74, 6) is 2.05. The van der Waals surface area contributed by atoms with Gasteiger partial charge in [-0.05, 0) is 42.7 Å². The number of nitrogens with one attached hydrogen (secondary N) is 2. The molecule has 0 radical (unpaired) electrons. The van der Waals surface area contributed by atoms with Crippen LogP contribution in [0.25, 0.3) is 0 Å². The predicted octanol–water partition coefficient (Wildman–Crippen LogP) is 3.28. The van der Waals surface area contributed by atoms with E-state index in [1.54, 1.807) is 26.5 Å². The summed E-state index contributed by atoms with van der Waals surface area (Å²) in [5.41, 5.74) is 1.62. The number of anilines is 1. The molecule has 26 heavy (non-hydrogen) atoms. The number of unbranched alkanes of at least 4 members (excludes halogenated alkanes) is 1. The highest BCUT2D eigenvalue weighted by molar-refractivity contribution is 5.94. The minimum atomic E-state index is -0.127. The first-order valence-electron chi connectivity index (χ1n) is 8.87. The highest BCUT2D eigenvalue weighted by Crippen LogP contribution is 2.27. The third-order valence-corrected chi connectivity index (χ3v) is 4.01. The number of pyridine rings is 1. The van der Waals surface area contributed by atoms with Gasteiger partial charge in [-0.1, -0.05) is 19.4 Å². The largest absolute Gasteiger partial charge is 0.493 e. The van der Waals surface area contributed by atoms with Gasteiger partial charge in [0.1, 0.15) is 5.82 Å². The lowest BCUT2D eigenvalue weighted by Crippen LogP contribution is -2.25. The molecule has 2 N–H and O–H groups in total. The number of ether oxygens (including phenoxy) is 2. The summed E-state index contributed by atoms with van der Waals surface area (Å²) in [6, 6.07) is 9.37.